The largest absolute Gasteiger partial charge is 0.480 e. The maximum absolute atomic E-state index is 11.1. The summed E-state index contributed by atoms with van der Waals surface area (Å²) in [4.78, 5) is 21.7. The SMILES string of the molecule is O=C(O)Cn1/c(=N/N=C/c2ccc([N+](=O)[O-])cc2)sc2ccccc21. The molecule has 8 nitrogen and oxygen atoms in total. The minimum absolute atomic E-state index is 0.00195. The molecule has 3 aromatic rings. The van der Waals surface area contributed by atoms with Gasteiger partial charge in [-0.05, 0) is 29.8 Å². The zero-order chi connectivity index (χ0) is 17.8. The third-order valence-electron chi connectivity index (χ3n) is 3.34. The number of benzene rings is 2. The highest BCUT2D eigenvalue weighted by atomic mass is 32.1. The minimum atomic E-state index is -0.968. The smallest absolute Gasteiger partial charge is 0.323 e. The number of aromatic nitrogens is 1. The first-order valence-electron chi connectivity index (χ1n) is 7.16. The van der Waals surface area contributed by atoms with E-state index in [1.807, 2.05) is 24.3 Å². The molecule has 1 heterocycles. The van der Waals surface area contributed by atoms with E-state index in [1.165, 1.54) is 29.7 Å². The Morgan fingerprint density at radius 2 is 1.96 bits per heavy atom. The van der Waals surface area contributed by atoms with E-state index in [9.17, 15) is 14.9 Å². The topological polar surface area (TPSA) is 110 Å². The van der Waals surface area contributed by atoms with Crippen molar-refractivity contribution in [2.45, 2.75) is 6.54 Å². The number of nitrogens with zero attached hydrogens (tertiary/aromatic N) is 4. The molecular weight excluding hydrogens is 344 g/mol. The van der Waals surface area contributed by atoms with E-state index in [1.54, 1.807) is 16.7 Å². The number of para-hydroxylation sites is 1. The fourth-order valence-corrected chi connectivity index (χ4v) is 3.20. The van der Waals surface area contributed by atoms with Crippen LogP contribution < -0.4 is 4.80 Å². The molecule has 3 rings (SSSR count). The maximum Gasteiger partial charge on any atom is 0.323 e. The summed E-state index contributed by atoms with van der Waals surface area (Å²) in [7, 11) is 0. The summed E-state index contributed by atoms with van der Waals surface area (Å²) < 4.78 is 2.49. The number of rotatable bonds is 5. The first-order chi connectivity index (χ1) is 12.0. The third-order valence-corrected chi connectivity index (χ3v) is 4.39. The molecule has 1 aromatic heterocycles. The molecule has 0 aliphatic rings. The Morgan fingerprint density at radius 1 is 1.24 bits per heavy atom. The van der Waals surface area contributed by atoms with Crippen molar-refractivity contribution in [3.05, 3.63) is 69.0 Å². The molecule has 0 bridgehead atoms. The van der Waals surface area contributed by atoms with Gasteiger partial charge >= 0.3 is 5.97 Å². The lowest BCUT2D eigenvalue weighted by atomic mass is 10.2. The maximum atomic E-state index is 11.1. The summed E-state index contributed by atoms with van der Waals surface area (Å²) in [5.74, 6) is -0.968. The summed E-state index contributed by atoms with van der Waals surface area (Å²) in [5.41, 5.74) is 1.43. The highest BCUT2D eigenvalue weighted by Gasteiger charge is 2.08. The third kappa shape index (κ3) is 3.78. The molecule has 0 radical (unpaired) electrons. The van der Waals surface area contributed by atoms with Gasteiger partial charge in [-0.15, -0.1) is 5.10 Å². The monoisotopic (exact) mass is 356 g/mol. The molecule has 9 heteroatoms. The molecule has 0 spiro atoms. The standard InChI is InChI=1S/C16H12N4O4S/c21-15(22)10-19-13-3-1-2-4-14(13)25-16(19)18-17-9-11-5-7-12(8-6-11)20(23)24/h1-9H,10H2,(H,21,22)/b17-9+,18-16-. The van der Waals surface area contributed by atoms with E-state index >= 15 is 0 Å². The number of non-ortho nitro benzene ring substituents is 1. The molecule has 0 atom stereocenters. The fourth-order valence-electron chi connectivity index (χ4n) is 2.21. The number of aliphatic carboxylic acids is 1. The summed E-state index contributed by atoms with van der Waals surface area (Å²) in [5, 5.41) is 27.8. The molecule has 2 aromatic carbocycles. The lowest BCUT2D eigenvalue weighted by Gasteiger charge is -1.99. The van der Waals surface area contributed by atoms with Gasteiger partial charge in [0.25, 0.3) is 5.69 Å². The minimum Gasteiger partial charge on any atom is -0.480 e. The highest BCUT2D eigenvalue weighted by Crippen LogP contribution is 2.16. The Morgan fingerprint density at radius 3 is 2.64 bits per heavy atom. The van der Waals surface area contributed by atoms with Crippen molar-refractivity contribution in [2.75, 3.05) is 0 Å². The van der Waals surface area contributed by atoms with Crippen LogP contribution in [0.3, 0.4) is 0 Å². The number of thiazole rings is 1. The Balaban J connectivity index is 1.95. The molecule has 0 amide bonds. The van der Waals surface area contributed by atoms with Gasteiger partial charge in [-0.1, -0.05) is 23.5 Å². The van der Waals surface area contributed by atoms with Crippen molar-refractivity contribution in [1.29, 1.82) is 0 Å². The summed E-state index contributed by atoms with van der Waals surface area (Å²) in [6.45, 7) is -0.212. The number of carboxylic acid groups (broad SMARTS) is 1. The average Bonchev–Trinajstić information content (AvgIpc) is 2.93. The van der Waals surface area contributed by atoms with Crippen LogP contribution in [-0.4, -0.2) is 26.8 Å². The van der Waals surface area contributed by atoms with E-state index in [2.05, 4.69) is 10.2 Å². The number of hydrogen-bond donors (Lipinski definition) is 1. The number of nitro groups is 1. The van der Waals surface area contributed by atoms with Crippen molar-refractivity contribution in [1.82, 2.24) is 4.57 Å². The number of fused-ring (bicyclic) bond motifs is 1. The molecule has 126 valence electrons. The molecule has 25 heavy (non-hydrogen) atoms. The zero-order valence-corrected chi connectivity index (χ0v) is 13.6. The molecule has 0 aliphatic carbocycles. The number of carboxylic acids is 1. The molecule has 0 saturated heterocycles. The lowest BCUT2D eigenvalue weighted by molar-refractivity contribution is -0.384. The molecule has 0 fully saturated rings. The van der Waals surface area contributed by atoms with Crippen LogP contribution in [0.4, 0.5) is 5.69 Å². The first kappa shape index (κ1) is 16.5. The van der Waals surface area contributed by atoms with Gasteiger partial charge in [0.15, 0.2) is 0 Å². The Bertz CT molecular complexity index is 1030. The van der Waals surface area contributed by atoms with Crippen LogP contribution in [0.2, 0.25) is 0 Å². The molecular formula is C16H12N4O4S. The average molecular weight is 356 g/mol. The van der Waals surface area contributed by atoms with Crippen molar-refractivity contribution < 1.29 is 14.8 Å². The van der Waals surface area contributed by atoms with Crippen LogP contribution in [0.5, 0.6) is 0 Å². The van der Waals surface area contributed by atoms with E-state index in [0.29, 0.717) is 10.4 Å². The second-order valence-electron chi connectivity index (χ2n) is 5.03. The first-order valence-corrected chi connectivity index (χ1v) is 7.98. The van der Waals surface area contributed by atoms with Crippen LogP contribution in [0.25, 0.3) is 10.2 Å². The van der Waals surface area contributed by atoms with Gasteiger partial charge in [0.1, 0.15) is 6.54 Å². The predicted octanol–water partition coefficient (Wildman–Crippen LogP) is 2.63. The van der Waals surface area contributed by atoms with Crippen LogP contribution in [-0.2, 0) is 11.3 Å². The van der Waals surface area contributed by atoms with Gasteiger partial charge < -0.3 is 9.67 Å². The fraction of sp³-hybridized carbons (Fsp3) is 0.0625. The summed E-state index contributed by atoms with van der Waals surface area (Å²) in [6.07, 6.45) is 1.46. The van der Waals surface area contributed by atoms with Crippen molar-refractivity contribution in [3.8, 4) is 0 Å². The molecule has 1 N–H and O–H groups in total. The quantitative estimate of drug-likeness (QED) is 0.430. The van der Waals surface area contributed by atoms with E-state index < -0.39 is 10.9 Å². The van der Waals surface area contributed by atoms with E-state index in [0.717, 1.165) is 10.2 Å². The van der Waals surface area contributed by atoms with Gasteiger partial charge in [0, 0.05) is 12.1 Å². The van der Waals surface area contributed by atoms with Gasteiger partial charge in [-0.2, -0.15) is 5.10 Å². The predicted molar refractivity (Wildman–Crippen MR) is 93.7 cm³/mol. The van der Waals surface area contributed by atoms with Crippen LogP contribution in [0, 0.1) is 10.1 Å². The van der Waals surface area contributed by atoms with Gasteiger partial charge in [0.05, 0.1) is 21.4 Å². The zero-order valence-electron chi connectivity index (χ0n) is 12.8. The number of nitro benzene ring substituents is 1. The lowest BCUT2D eigenvalue weighted by Crippen LogP contribution is -2.19. The van der Waals surface area contributed by atoms with E-state index in [-0.39, 0.29) is 12.2 Å². The van der Waals surface area contributed by atoms with Gasteiger partial charge in [-0.25, -0.2) is 0 Å². The highest BCUT2D eigenvalue weighted by molar-refractivity contribution is 7.16. The second kappa shape index (κ2) is 7.05. The van der Waals surface area contributed by atoms with Crippen molar-refractivity contribution in [2.24, 2.45) is 10.2 Å². The van der Waals surface area contributed by atoms with Gasteiger partial charge in [0.2, 0.25) is 4.80 Å². The van der Waals surface area contributed by atoms with Crippen molar-refractivity contribution >= 4 is 39.4 Å². The number of carbonyl (C=O) groups is 1. The van der Waals surface area contributed by atoms with Gasteiger partial charge in [-0.3, -0.25) is 14.9 Å². The molecule has 0 saturated carbocycles. The van der Waals surface area contributed by atoms with Crippen molar-refractivity contribution in [3.63, 3.8) is 0 Å². The molecule has 0 unspecified atom stereocenters. The Labute approximate surface area is 145 Å². The summed E-state index contributed by atoms with van der Waals surface area (Å²) >= 11 is 1.34. The van der Waals surface area contributed by atoms with Crippen LogP contribution in [0.15, 0.2) is 58.7 Å². The Hall–Kier alpha value is -3.33. The number of hydrogen-bond acceptors (Lipinski definition) is 6. The second-order valence-corrected chi connectivity index (χ2v) is 6.03. The normalized spacial score (nSPS) is 12.1. The van der Waals surface area contributed by atoms with Crippen LogP contribution >= 0.6 is 11.3 Å². The molecule has 0 aliphatic heterocycles. The van der Waals surface area contributed by atoms with Crippen LogP contribution in [0.1, 0.15) is 5.56 Å². The summed E-state index contributed by atoms with van der Waals surface area (Å²) in [6, 6.07) is 13.3. The Kier molecular flexibility index (Phi) is 4.66. The van der Waals surface area contributed by atoms with E-state index in [4.69, 9.17) is 5.11 Å².